The van der Waals surface area contributed by atoms with Crippen molar-refractivity contribution in [1.82, 2.24) is 9.38 Å². The Labute approximate surface area is 87.5 Å². The molecular formula is C9H11N3O2S. The number of nitrogen functional groups attached to an aromatic ring is 1. The topological polar surface area (TPSA) is 77.5 Å². The number of hydrogen-bond acceptors (Lipinski definition) is 4. The SMILES string of the molecule is CS(=O)(=O)Cc1cnc2ccc(N)cn12. The first kappa shape index (κ1) is 9.97. The van der Waals surface area contributed by atoms with E-state index in [4.69, 9.17) is 5.73 Å². The molecule has 0 atom stereocenters. The zero-order valence-corrected chi connectivity index (χ0v) is 9.03. The molecule has 0 spiro atoms. The Morgan fingerprint density at radius 1 is 1.47 bits per heavy atom. The van der Waals surface area contributed by atoms with E-state index in [1.807, 2.05) is 0 Å². The monoisotopic (exact) mass is 225 g/mol. The van der Waals surface area contributed by atoms with Crippen LogP contribution in [0.15, 0.2) is 24.5 Å². The Hall–Kier alpha value is -1.56. The van der Waals surface area contributed by atoms with Gasteiger partial charge in [0, 0.05) is 18.1 Å². The molecule has 0 radical (unpaired) electrons. The molecule has 2 aromatic rings. The number of fused-ring (bicyclic) bond motifs is 1. The summed E-state index contributed by atoms with van der Waals surface area (Å²) < 4.78 is 24.0. The van der Waals surface area contributed by atoms with Crippen LogP contribution in [-0.4, -0.2) is 24.1 Å². The molecule has 15 heavy (non-hydrogen) atoms. The van der Waals surface area contributed by atoms with Crippen LogP contribution >= 0.6 is 0 Å². The lowest BCUT2D eigenvalue weighted by molar-refractivity contribution is 0.600. The summed E-state index contributed by atoms with van der Waals surface area (Å²) >= 11 is 0. The van der Waals surface area contributed by atoms with Gasteiger partial charge in [-0.05, 0) is 12.1 Å². The lowest BCUT2D eigenvalue weighted by Gasteiger charge is -2.01. The normalized spacial score (nSPS) is 12.1. The fourth-order valence-corrected chi connectivity index (χ4v) is 2.17. The van der Waals surface area contributed by atoms with Crippen molar-refractivity contribution >= 4 is 21.2 Å². The number of anilines is 1. The van der Waals surface area contributed by atoms with Crippen LogP contribution in [0.25, 0.3) is 5.65 Å². The van der Waals surface area contributed by atoms with Crippen molar-refractivity contribution in [1.29, 1.82) is 0 Å². The fraction of sp³-hybridized carbons (Fsp3) is 0.222. The van der Waals surface area contributed by atoms with E-state index in [0.29, 0.717) is 17.0 Å². The number of hydrogen-bond donors (Lipinski definition) is 1. The summed E-state index contributed by atoms with van der Waals surface area (Å²) in [7, 11) is -3.05. The molecule has 5 nitrogen and oxygen atoms in total. The maximum atomic E-state index is 11.2. The number of rotatable bonds is 2. The van der Waals surface area contributed by atoms with E-state index >= 15 is 0 Å². The van der Waals surface area contributed by atoms with Crippen LogP contribution in [0.1, 0.15) is 5.69 Å². The van der Waals surface area contributed by atoms with E-state index in [9.17, 15) is 8.42 Å². The van der Waals surface area contributed by atoms with Crippen LogP contribution in [0.4, 0.5) is 5.69 Å². The summed E-state index contributed by atoms with van der Waals surface area (Å²) in [5, 5.41) is 0. The molecule has 0 aliphatic rings. The molecule has 2 rings (SSSR count). The van der Waals surface area contributed by atoms with Gasteiger partial charge in [0.25, 0.3) is 0 Å². The molecule has 0 unspecified atom stereocenters. The highest BCUT2D eigenvalue weighted by Crippen LogP contribution is 2.12. The van der Waals surface area contributed by atoms with Crippen LogP contribution in [0.3, 0.4) is 0 Å². The zero-order valence-electron chi connectivity index (χ0n) is 8.21. The molecule has 0 bridgehead atoms. The van der Waals surface area contributed by atoms with Gasteiger partial charge in [0.15, 0.2) is 9.84 Å². The second-order valence-corrected chi connectivity index (χ2v) is 5.65. The average molecular weight is 225 g/mol. The predicted octanol–water partition coefficient (Wildman–Crippen LogP) is 0.461. The van der Waals surface area contributed by atoms with Crippen molar-refractivity contribution in [3.63, 3.8) is 0 Å². The zero-order chi connectivity index (χ0) is 11.1. The van der Waals surface area contributed by atoms with Crippen LogP contribution in [0.5, 0.6) is 0 Å². The Morgan fingerprint density at radius 3 is 2.87 bits per heavy atom. The van der Waals surface area contributed by atoms with Gasteiger partial charge in [-0.25, -0.2) is 13.4 Å². The fourth-order valence-electron chi connectivity index (χ4n) is 1.42. The van der Waals surface area contributed by atoms with E-state index < -0.39 is 9.84 Å². The first-order chi connectivity index (χ1) is 6.96. The lowest BCUT2D eigenvalue weighted by Crippen LogP contribution is -2.03. The minimum absolute atomic E-state index is 0.0301. The number of sulfone groups is 1. The van der Waals surface area contributed by atoms with Gasteiger partial charge in [-0.15, -0.1) is 0 Å². The Balaban J connectivity index is 2.57. The van der Waals surface area contributed by atoms with Crippen molar-refractivity contribution in [3.8, 4) is 0 Å². The van der Waals surface area contributed by atoms with Gasteiger partial charge < -0.3 is 10.1 Å². The van der Waals surface area contributed by atoms with E-state index in [2.05, 4.69) is 4.98 Å². The molecule has 6 heteroatoms. The first-order valence-electron chi connectivity index (χ1n) is 4.35. The van der Waals surface area contributed by atoms with Gasteiger partial charge >= 0.3 is 0 Å². The minimum Gasteiger partial charge on any atom is -0.398 e. The molecule has 0 aliphatic heterocycles. The summed E-state index contributed by atoms with van der Waals surface area (Å²) in [5.41, 5.74) is 7.52. The second kappa shape index (κ2) is 3.23. The highest BCUT2D eigenvalue weighted by molar-refractivity contribution is 7.89. The maximum Gasteiger partial charge on any atom is 0.153 e. The molecule has 0 saturated carbocycles. The van der Waals surface area contributed by atoms with E-state index in [1.165, 1.54) is 6.26 Å². The van der Waals surface area contributed by atoms with E-state index in [-0.39, 0.29) is 5.75 Å². The van der Waals surface area contributed by atoms with Crippen LogP contribution in [0, 0.1) is 0 Å². The van der Waals surface area contributed by atoms with Gasteiger partial charge in [0.2, 0.25) is 0 Å². The van der Waals surface area contributed by atoms with Crippen molar-refractivity contribution in [2.45, 2.75) is 5.75 Å². The molecule has 0 aromatic carbocycles. The Morgan fingerprint density at radius 2 is 2.20 bits per heavy atom. The van der Waals surface area contributed by atoms with Crippen LogP contribution in [-0.2, 0) is 15.6 Å². The lowest BCUT2D eigenvalue weighted by atomic mass is 10.4. The van der Waals surface area contributed by atoms with Gasteiger partial charge in [0.1, 0.15) is 5.65 Å². The maximum absolute atomic E-state index is 11.2. The van der Waals surface area contributed by atoms with Crippen molar-refractivity contribution in [2.24, 2.45) is 0 Å². The summed E-state index contributed by atoms with van der Waals surface area (Å²) in [6.45, 7) is 0. The number of pyridine rings is 1. The molecule has 2 aromatic heterocycles. The van der Waals surface area contributed by atoms with Crippen LogP contribution < -0.4 is 5.73 Å². The number of nitrogens with two attached hydrogens (primary N) is 1. The number of imidazole rings is 1. The first-order valence-corrected chi connectivity index (χ1v) is 6.41. The molecule has 2 N–H and O–H groups in total. The number of aromatic nitrogens is 2. The second-order valence-electron chi connectivity index (χ2n) is 3.51. The third kappa shape index (κ3) is 2.10. The van der Waals surface area contributed by atoms with Gasteiger partial charge in [0.05, 0.1) is 17.6 Å². The number of nitrogens with zero attached hydrogens (tertiary/aromatic N) is 2. The Bertz CT molecular complexity index is 601. The van der Waals surface area contributed by atoms with Crippen LogP contribution in [0.2, 0.25) is 0 Å². The van der Waals surface area contributed by atoms with E-state index in [1.54, 1.807) is 28.9 Å². The molecule has 80 valence electrons. The summed E-state index contributed by atoms with van der Waals surface area (Å²) in [5.74, 6) is -0.0301. The summed E-state index contributed by atoms with van der Waals surface area (Å²) in [6, 6.07) is 3.48. The van der Waals surface area contributed by atoms with Crippen molar-refractivity contribution in [3.05, 3.63) is 30.2 Å². The summed E-state index contributed by atoms with van der Waals surface area (Å²) in [4.78, 5) is 4.09. The van der Waals surface area contributed by atoms with Crippen molar-refractivity contribution < 1.29 is 8.42 Å². The molecular weight excluding hydrogens is 214 g/mol. The third-order valence-electron chi connectivity index (χ3n) is 2.02. The third-order valence-corrected chi connectivity index (χ3v) is 2.84. The standard InChI is InChI=1S/C9H11N3O2S/c1-15(13,14)6-8-4-11-9-3-2-7(10)5-12(8)9/h2-5H,6,10H2,1H3. The highest BCUT2D eigenvalue weighted by Gasteiger charge is 2.09. The Kier molecular flexibility index (Phi) is 2.15. The largest absolute Gasteiger partial charge is 0.398 e. The molecule has 0 amide bonds. The minimum atomic E-state index is -3.05. The predicted molar refractivity (Wildman–Crippen MR) is 58.2 cm³/mol. The molecule has 0 fully saturated rings. The van der Waals surface area contributed by atoms with Gasteiger partial charge in [-0.2, -0.15) is 0 Å². The summed E-state index contributed by atoms with van der Waals surface area (Å²) in [6.07, 6.45) is 4.41. The average Bonchev–Trinajstić information content (AvgIpc) is 2.46. The van der Waals surface area contributed by atoms with Crippen molar-refractivity contribution in [2.75, 3.05) is 12.0 Å². The molecule has 2 heterocycles. The quantitative estimate of drug-likeness (QED) is 0.805. The van der Waals surface area contributed by atoms with E-state index in [0.717, 1.165) is 0 Å². The highest BCUT2D eigenvalue weighted by atomic mass is 32.2. The molecule has 0 aliphatic carbocycles. The van der Waals surface area contributed by atoms with Gasteiger partial charge in [-0.3, -0.25) is 0 Å². The van der Waals surface area contributed by atoms with Gasteiger partial charge in [-0.1, -0.05) is 0 Å². The smallest absolute Gasteiger partial charge is 0.153 e. The molecule has 0 saturated heterocycles.